The smallest absolute Gasteiger partial charge is 0.145 e. The van der Waals surface area contributed by atoms with Crippen LogP contribution in [0.1, 0.15) is 47.5 Å². The Bertz CT molecular complexity index is 2180. The Balaban J connectivity index is 1.23. The number of aromatic nitrogens is 1. The average Bonchev–Trinajstić information content (AvgIpc) is 3.86. The van der Waals surface area contributed by atoms with Crippen molar-refractivity contribution in [2.45, 2.75) is 19.5 Å². The van der Waals surface area contributed by atoms with Gasteiger partial charge in [-0.2, -0.15) is 0 Å². The molecule has 5 aromatic rings. The molecule has 1 aromatic heterocycles. The van der Waals surface area contributed by atoms with Gasteiger partial charge in [-0.3, -0.25) is 9.98 Å². The van der Waals surface area contributed by atoms with E-state index in [1.165, 1.54) is 32.7 Å². The van der Waals surface area contributed by atoms with Crippen LogP contribution >= 0.6 is 0 Å². The van der Waals surface area contributed by atoms with Crippen LogP contribution < -0.4 is 15.8 Å². The minimum absolute atomic E-state index is 0.0554. The molecule has 1 heterocycles. The Morgan fingerprint density at radius 2 is 1.54 bits per heavy atom. The molecule has 1 spiro atoms. The lowest BCUT2D eigenvalue weighted by Crippen LogP contribution is -2.39. The molecule has 3 aliphatic carbocycles. The van der Waals surface area contributed by atoms with E-state index in [0.29, 0.717) is 5.92 Å². The van der Waals surface area contributed by atoms with Gasteiger partial charge in [0.05, 0.1) is 5.69 Å². The Labute approximate surface area is 270 Å². The lowest BCUT2D eigenvalue weighted by atomic mass is 9.71. The Morgan fingerprint density at radius 3 is 2.33 bits per heavy atom. The van der Waals surface area contributed by atoms with E-state index >= 15 is 0 Å². The number of benzene rings is 4. The topological polar surface area (TPSA) is 37.3 Å². The number of fused-ring (bicyclic) bond motifs is 1. The van der Waals surface area contributed by atoms with E-state index in [1.54, 1.807) is 0 Å². The van der Waals surface area contributed by atoms with Crippen LogP contribution in [-0.4, -0.2) is 10.7 Å². The predicted octanol–water partition coefficient (Wildman–Crippen LogP) is 7.76. The third-order valence-corrected chi connectivity index (χ3v) is 9.64. The van der Waals surface area contributed by atoms with Gasteiger partial charge < -0.3 is 5.32 Å². The SMILES string of the molecule is C=C(NC(/N=C(\C)c1ccccc1)c1ccccc1)c1cccc(C2=c3ccccc3=C(c3ccccn3)C34CC3C=CC=C24)c1. The van der Waals surface area contributed by atoms with Crippen LogP contribution in [0.5, 0.6) is 0 Å². The van der Waals surface area contributed by atoms with Gasteiger partial charge in [0.2, 0.25) is 0 Å². The molecular weight excluding hydrogens is 558 g/mol. The standard InChI is InChI=1S/C43H35N3/c1-29(31-15-5-3-6-16-31)45-42(32-17-7-4-8-18-32)46-30(2)33-19-13-20-34(27-33)40-36-22-9-10-23-37(36)41(39-25-11-12-26-44-39)43-28-35(43)21-14-24-38(40)43/h3-27,35,42,46H,2,28H2,1H3/b45-29+. The summed E-state index contributed by atoms with van der Waals surface area (Å²) in [6, 6.07) is 44.6. The van der Waals surface area contributed by atoms with Crippen LogP contribution in [0.25, 0.3) is 16.8 Å². The number of rotatable bonds is 8. The van der Waals surface area contributed by atoms with E-state index in [9.17, 15) is 0 Å². The molecule has 222 valence electrons. The summed E-state index contributed by atoms with van der Waals surface area (Å²) in [6.07, 6.45) is 9.70. The van der Waals surface area contributed by atoms with Crippen molar-refractivity contribution in [2.75, 3.05) is 0 Å². The fourth-order valence-electron chi connectivity index (χ4n) is 7.37. The Morgan fingerprint density at radius 1 is 0.826 bits per heavy atom. The molecule has 0 saturated heterocycles. The first-order valence-corrected chi connectivity index (χ1v) is 16.0. The van der Waals surface area contributed by atoms with Crippen molar-refractivity contribution >= 4 is 22.6 Å². The van der Waals surface area contributed by atoms with E-state index in [-0.39, 0.29) is 11.6 Å². The first kappa shape index (κ1) is 28.0. The number of pyridine rings is 1. The van der Waals surface area contributed by atoms with Gasteiger partial charge in [0.1, 0.15) is 6.17 Å². The maximum Gasteiger partial charge on any atom is 0.145 e. The fraction of sp³-hybridized carbons (Fsp3) is 0.116. The zero-order valence-corrected chi connectivity index (χ0v) is 25.9. The summed E-state index contributed by atoms with van der Waals surface area (Å²) in [6.45, 7) is 6.59. The van der Waals surface area contributed by atoms with Crippen LogP contribution in [0.15, 0.2) is 169 Å². The maximum absolute atomic E-state index is 5.14. The van der Waals surface area contributed by atoms with Crippen molar-refractivity contribution in [3.63, 3.8) is 0 Å². The van der Waals surface area contributed by atoms with Crippen molar-refractivity contribution < 1.29 is 0 Å². The largest absolute Gasteiger partial charge is 0.360 e. The normalized spacial score (nSPS) is 20.2. The number of allylic oxidation sites excluding steroid dienone is 4. The molecule has 46 heavy (non-hydrogen) atoms. The summed E-state index contributed by atoms with van der Waals surface area (Å²) < 4.78 is 0. The van der Waals surface area contributed by atoms with Gasteiger partial charge in [-0.25, -0.2) is 0 Å². The summed E-state index contributed by atoms with van der Waals surface area (Å²) >= 11 is 0. The maximum atomic E-state index is 5.14. The highest BCUT2D eigenvalue weighted by molar-refractivity contribution is 5.99. The number of nitrogens with zero attached hydrogens (tertiary/aromatic N) is 2. The summed E-state index contributed by atoms with van der Waals surface area (Å²) in [7, 11) is 0. The van der Waals surface area contributed by atoms with E-state index in [0.717, 1.165) is 40.2 Å². The summed E-state index contributed by atoms with van der Waals surface area (Å²) in [5, 5.41) is 6.20. The van der Waals surface area contributed by atoms with Gasteiger partial charge in [-0.1, -0.05) is 134 Å². The predicted molar refractivity (Wildman–Crippen MR) is 189 cm³/mol. The molecule has 3 unspecified atom stereocenters. The Kier molecular flexibility index (Phi) is 6.95. The van der Waals surface area contributed by atoms with Crippen molar-refractivity contribution in [3.05, 3.63) is 202 Å². The zero-order chi connectivity index (χ0) is 31.1. The van der Waals surface area contributed by atoms with Gasteiger partial charge in [0.25, 0.3) is 0 Å². The minimum atomic E-state index is -0.280. The van der Waals surface area contributed by atoms with Gasteiger partial charge in [-0.15, -0.1) is 0 Å². The third-order valence-electron chi connectivity index (χ3n) is 9.64. The molecule has 1 saturated carbocycles. The first-order chi connectivity index (χ1) is 22.6. The molecule has 3 heteroatoms. The second-order valence-corrected chi connectivity index (χ2v) is 12.4. The molecule has 0 amide bonds. The number of hydrogen-bond donors (Lipinski definition) is 1. The average molecular weight is 594 g/mol. The minimum Gasteiger partial charge on any atom is -0.360 e. The van der Waals surface area contributed by atoms with Crippen molar-refractivity contribution in [3.8, 4) is 0 Å². The lowest BCUT2D eigenvalue weighted by Gasteiger charge is -2.32. The lowest BCUT2D eigenvalue weighted by molar-refractivity contribution is 0.670. The fourth-order valence-corrected chi connectivity index (χ4v) is 7.37. The molecule has 1 N–H and O–H groups in total. The molecule has 1 fully saturated rings. The quantitative estimate of drug-likeness (QED) is 0.187. The molecule has 0 bridgehead atoms. The van der Waals surface area contributed by atoms with Gasteiger partial charge in [0, 0.05) is 23.0 Å². The molecule has 8 rings (SSSR count). The van der Waals surface area contributed by atoms with E-state index in [2.05, 4.69) is 134 Å². The van der Waals surface area contributed by atoms with Gasteiger partial charge >= 0.3 is 0 Å². The van der Waals surface area contributed by atoms with Crippen LogP contribution in [-0.2, 0) is 0 Å². The van der Waals surface area contributed by atoms with Crippen LogP contribution in [0, 0.1) is 11.3 Å². The van der Waals surface area contributed by atoms with Crippen LogP contribution in [0.4, 0.5) is 0 Å². The molecule has 3 nitrogen and oxygen atoms in total. The molecular formula is C43H35N3. The zero-order valence-electron chi connectivity index (χ0n) is 25.9. The highest BCUT2D eigenvalue weighted by atomic mass is 15.1. The number of aliphatic imine (C=N–C) groups is 1. The second kappa shape index (κ2) is 11.4. The summed E-state index contributed by atoms with van der Waals surface area (Å²) in [4.78, 5) is 10.0. The highest BCUT2D eigenvalue weighted by Gasteiger charge is 2.60. The summed E-state index contributed by atoms with van der Waals surface area (Å²) in [5.41, 5.74) is 11.3. The van der Waals surface area contributed by atoms with E-state index < -0.39 is 0 Å². The monoisotopic (exact) mass is 593 g/mol. The van der Waals surface area contributed by atoms with Gasteiger partial charge in [0.15, 0.2) is 0 Å². The van der Waals surface area contributed by atoms with Crippen molar-refractivity contribution in [2.24, 2.45) is 16.3 Å². The van der Waals surface area contributed by atoms with Crippen LogP contribution in [0.2, 0.25) is 0 Å². The second-order valence-electron chi connectivity index (χ2n) is 12.4. The number of nitrogens with one attached hydrogen (secondary N) is 1. The summed E-state index contributed by atoms with van der Waals surface area (Å²) in [5.74, 6) is 0.477. The first-order valence-electron chi connectivity index (χ1n) is 16.0. The third kappa shape index (κ3) is 4.76. The molecule has 0 radical (unpaired) electrons. The van der Waals surface area contributed by atoms with Crippen molar-refractivity contribution in [1.82, 2.24) is 10.3 Å². The van der Waals surface area contributed by atoms with E-state index in [1.807, 2.05) is 36.5 Å². The molecule has 3 aliphatic rings. The molecule has 3 atom stereocenters. The van der Waals surface area contributed by atoms with Crippen molar-refractivity contribution in [1.29, 1.82) is 0 Å². The van der Waals surface area contributed by atoms with E-state index in [4.69, 9.17) is 9.98 Å². The Hall–Kier alpha value is -5.54. The highest BCUT2D eigenvalue weighted by Crippen LogP contribution is 2.68. The van der Waals surface area contributed by atoms with Gasteiger partial charge in [-0.05, 0) is 86.9 Å². The molecule has 0 aliphatic heterocycles. The van der Waals surface area contributed by atoms with Crippen LogP contribution in [0.3, 0.4) is 0 Å². The molecule has 4 aromatic carbocycles. The number of hydrogen-bond acceptors (Lipinski definition) is 3.